The van der Waals surface area contributed by atoms with Crippen LogP contribution in [0.25, 0.3) is 0 Å². The lowest BCUT2D eigenvalue weighted by molar-refractivity contribution is 0.318. The third kappa shape index (κ3) is 2.85. The van der Waals surface area contributed by atoms with Crippen LogP contribution in [0.15, 0.2) is 46.2 Å². The van der Waals surface area contributed by atoms with E-state index in [-0.39, 0.29) is 5.84 Å². The fourth-order valence-corrected chi connectivity index (χ4v) is 2.13. The van der Waals surface area contributed by atoms with Crippen LogP contribution in [0.2, 0.25) is 0 Å². The zero-order chi connectivity index (χ0) is 13.8. The Labute approximate surface area is 118 Å². The average Bonchev–Trinajstić information content (AvgIpc) is 2.41. The number of amidine groups is 1. The van der Waals surface area contributed by atoms with Crippen LogP contribution in [0.3, 0.4) is 0 Å². The van der Waals surface area contributed by atoms with Crippen LogP contribution in [-0.4, -0.2) is 16.0 Å². The number of hydrogen-bond acceptors (Lipinski definition) is 4. The minimum Gasteiger partial charge on any atom is -0.455 e. The van der Waals surface area contributed by atoms with E-state index >= 15 is 0 Å². The maximum atomic E-state index is 8.83. The zero-order valence-corrected chi connectivity index (χ0v) is 11.8. The molecule has 2 rings (SSSR count). The SMILES string of the molecule is Cc1ncccc1Oc1cccc(Br)c1/C(N)=N/O. The second-order valence-corrected chi connectivity index (χ2v) is 4.64. The summed E-state index contributed by atoms with van der Waals surface area (Å²) in [5.41, 5.74) is 6.91. The molecule has 0 unspecified atom stereocenters. The Morgan fingerprint density at radius 3 is 2.74 bits per heavy atom. The fraction of sp³-hybridized carbons (Fsp3) is 0.0769. The summed E-state index contributed by atoms with van der Waals surface area (Å²) in [4.78, 5) is 4.14. The van der Waals surface area contributed by atoms with Gasteiger partial charge in [-0.25, -0.2) is 0 Å². The summed E-state index contributed by atoms with van der Waals surface area (Å²) in [5.74, 6) is 1.08. The van der Waals surface area contributed by atoms with Crippen molar-refractivity contribution in [2.45, 2.75) is 6.92 Å². The maximum Gasteiger partial charge on any atom is 0.175 e. The molecule has 0 aliphatic rings. The van der Waals surface area contributed by atoms with Crippen LogP contribution in [-0.2, 0) is 0 Å². The average molecular weight is 322 g/mol. The maximum absolute atomic E-state index is 8.83. The Bertz CT molecular complexity index is 629. The number of oxime groups is 1. The number of rotatable bonds is 3. The highest BCUT2D eigenvalue weighted by Crippen LogP contribution is 2.31. The minimum atomic E-state index is -0.0241. The topological polar surface area (TPSA) is 80.7 Å². The summed E-state index contributed by atoms with van der Waals surface area (Å²) in [6, 6.07) is 8.92. The van der Waals surface area contributed by atoms with Gasteiger partial charge in [0.25, 0.3) is 0 Å². The number of pyridine rings is 1. The Kier molecular flexibility index (Phi) is 4.01. The van der Waals surface area contributed by atoms with E-state index in [9.17, 15) is 0 Å². The highest BCUT2D eigenvalue weighted by Gasteiger charge is 2.14. The highest BCUT2D eigenvalue weighted by molar-refractivity contribution is 9.10. The van der Waals surface area contributed by atoms with Crippen molar-refractivity contribution in [3.63, 3.8) is 0 Å². The number of hydrogen-bond donors (Lipinski definition) is 2. The van der Waals surface area contributed by atoms with Gasteiger partial charge in [0.1, 0.15) is 11.5 Å². The molecule has 0 fully saturated rings. The smallest absolute Gasteiger partial charge is 0.175 e. The van der Waals surface area contributed by atoms with Gasteiger partial charge in [0.15, 0.2) is 5.84 Å². The van der Waals surface area contributed by atoms with Gasteiger partial charge >= 0.3 is 0 Å². The van der Waals surface area contributed by atoms with Gasteiger partial charge in [0, 0.05) is 10.7 Å². The molecular formula is C13H12BrN3O2. The van der Waals surface area contributed by atoms with Crippen molar-refractivity contribution in [3.05, 3.63) is 52.3 Å². The first-order chi connectivity index (χ1) is 9.13. The van der Waals surface area contributed by atoms with E-state index in [1.807, 2.05) is 6.92 Å². The van der Waals surface area contributed by atoms with Crippen molar-refractivity contribution >= 4 is 21.8 Å². The first-order valence-corrected chi connectivity index (χ1v) is 6.28. The van der Waals surface area contributed by atoms with Crippen LogP contribution in [0, 0.1) is 6.92 Å². The van der Waals surface area contributed by atoms with E-state index < -0.39 is 0 Å². The summed E-state index contributed by atoms with van der Waals surface area (Å²) >= 11 is 3.35. The largest absolute Gasteiger partial charge is 0.455 e. The monoisotopic (exact) mass is 321 g/mol. The standard InChI is InChI=1S/C13H12BrN3O2/c1-8-10(6-3-7-16-8)19-11-5-2-4-9(14)12(11)13(15)17-18/h2-7,18H,1H3,(H2,15,17). The number of aromatic nitrogens is 1. The Balaban J connectivity index is 2.47. The van der Waals surface area contributed by atoms with E-state index in [1.54, 1.807) is 36.5 Å². The molecule has 0 radical (unpaired) electrons. The van der Waals surface area contributed by atoms with Crippen LogP contribution in [0.1, 0.15) is 11.3 Å². The van der Waals surface area contributed by atoms with Crippen molar-refractivity contribution in [1.82, 2.24) is 4.98 Å². The second kappa shape index (κ2) is 5.71. The lowest BCUT2D eigenvalue weighted by Crippen LogP contribution is -2.15. The Hall–Kier alpha value is -2.08. The molecule has 0 spiro atoms. The molecule has 0 aliphatic heterocycles. The molecule has 0 bridgehead atoms. The molecule has 0 aliphatic carbocycles. The van der Waals surface area contributed by atoms with Crippen molar-refractivity contribution in [3.8, 4) is 11.5 Å². The number of ether oxygens (including phenoxy) is 1. The van der Waals surface area contributed by atoms with E-state index in [0.717, 1.165) is 5.69 Å². The quantitative estimate of drug-likeness (QED) is 0.394. The molecule has 1 aromatic heterocycles. The summed E-state index contributed by atoms with van der Waals surface area (Å²) in [7, 11) is 0. The van der Waals surface area contributed by atoms with Crippen LogP contribution >= 0.6 is 15.9 Å². The van der Waals surface area contributed by atoms with Crippen molar-refractivity contribution in [2.75, 3.05) is 0 Å². The lowest BCUT2D eigenvalue weighted by Gasteiger charge is -2.12. The van der Waals surface area contributed by atoms with E-state index in [4.69, 9.17) is 15.7 Å². The normalized spacial score (nSPS) is 11.4. The van der Waals surface area contributed by atoms with Crippen molar-refractivity contribution in [1.29, 1.82) is 0 Å². The molecule has 0 saturated carbocycles. The molecule has 5 nitrogen and oxygen atoms in total. The predicted molar refractivity (Wildman–Crippen MR) is 75.7 cm³/mol. The van der Waals surface area contributed by atoms with Gasteiger partial charge in [-0.1, -0.05) is 11.2 Å². The number of nitrogens with zero attached hydrogens (tertiary/aromatic N) is 2. The molecule has 1 aromatic carbocycles. The Morgan fingerprint density at radius 1 is 1.32 bits per heavy atom. The molecule has 2 aromatic rings. The number of halogens is 1. The zero-order valence-electron chi connectivity index (χ0n) is 10.2. The highest BCUT2D eigenvalue weighted by atomic mass is 79.9. The van der Waals surface area contributed by atoms with Gasteiger partial charge in [-0.3, -0.25) is 4.98 Å². The third-order valence-electron chi connectivity index (χ3n) is 2.52. The van der Waals surface area contributed by atoms with E-state index in [0.29, 0.717) is 21.5 Å². The molecule has 0 amide bonds. The molecule has 1 heterocycles. The molecule has 3 N–H and O–H groups in total. The van der Waals surface area contributed by atoms with Crippen LogP contribution in [0.5, 0.6) is 11.5 Å². The molecule has 0 saturated heterocycles. The third-order valence-corrected chi connectivity index (χ3v) is 3.18. The number of benzene rings is 1. The molecule has 6 heteroatoms. The van der Waals surface area contributed by atoms with Gasteiger partial charge < -0.3 is 15.7 Å². The van der Waals surface area contributed by atoms with Crippen molar-refractivity contribution < 1.29 is 9.94 Å². The molecular weight excluding hydrogens is 310 g/mol. The second-order valence-electron chi connectivity index (χ2n) is 3.79. The number of aryl methyl sites for hydroxylation is 1. The minimum absolute atomic E-state index is 0.0241. The van der Waals surface area contributed by atoms with E-state index in [2.05, 4.69) is 26.1 Å². The van der Waals surface area contributed by atoms with Crippen LogP contribution in [0.4, 0.5) is 0 Å². The fourth-order valence-electron chi connectivity index (χ4n) is 1.58. The van der Waals surface area contributed by atoms with Gasteiger partial charge in [0.2, 0.25) is 0 Å². The lowest BCUT2D eigenvalue weighted by atomic mass is 10.2. The first-order valence-electron chi connectivity index (χ1n) is 5.49. The van der Waals surface area contributed by atoms with E-state index in [1.165, 1.54) is 0 Å². The van der Waals surface area contributed by atoms with Gasteiger partial charge in [-0.2, -0.15) is 0 Å². The number of nitrogens with two attached hydrogens (primary N) is 1. The van der Waals surface area contributed by atoms with Gasteiger partial charge in [0.05, 0.1) is 11.3 Å². The summed E-state index contributed by atoms with van der Waals surface area (Å²) < 4.78 is 6.46. The molecule has 19 heavy (non-hydrogen) atoms. The first kappa shape index (κ1) is 13.4. The van der Waals surface area contributed by atoms with Gasteiger partial charge in [-0.05, 0) is 47.1 Å². The Morgan fingerprint density at radius 2 is 2.05 bits per heavy atom. The molecule has 0 atom stereocenters. The van der Waals surface area contributed by atoms with Gasteiger partial charge in [-0.15, -0.1) is 0 Å². The van der Waals surface area contributed by atoms with Crippen molar-refractivity contribution in [2.24, 2.45) is 10.9 Å². The summed E-state index contributed by atoms with van der Waals surface area (Å²) in [6.45, 7) is 1.84. The summed E-state index contributed by atoms with van der Waals surface area (Å²) in [6.07, 6.45) is 1.69. The molecule has 98 valence electrons. The van der Waals surface area contributed by atoms with Crippen LogP contribution < -0.4 is 10.5 Å². The predicted octanol–water partition coefficient (Wildman–Crippen LogP) is 3.04. The summed E-state index contributed by atoms with van der Waals surface area (Å²) in [5, 5.41) is 11.8.